The molecule has 1 aromatic rings. The highest BCUT2D eigenvalue weighted by Crippen LogP contribution is 2.43. The maximum Gasteiger partial charge on any atom is 0.391 e. The van der Waals surface area contributed by atoms with E-state index >= 15 is 4.39 Å². The van der Waals surface area contributed by atoms with Gasteiger partial charge < -0.3 is 14.6 Å². The number of halogens is 5. The van der Waals surface area contributed by atoms with E-state index in [0.717, 1.165) is 5.57 Å². The fourth-order valence-corrected chi connectivity index (χ4v) is 7.44. The number of aromatic nitrogens is 3. The number of thioether (sulfide) groups is 1. The van der Waals surface area contributed by atoms with Crippen LogP contribution in [0.4, 0.5) is 22.0 Å². The van der Waals surface area contributed by atoms with E-state index in [9.17, 15) is 22.7 Å². The van der Waals surface area contributed by atoms with Crippen LogP contribution in [0.15, 0.2) is 36.5 Å². The summed E-state index contributed by atoms with van der Waals surface area (Å²) < 4.78 is 80.9. The predicted molar refractivity (Wildman–Crippen MR) is 143 cm³/mol. The Hall–Kier alpha value is -1.50. The third-order valence-electron chi connectivity index (χ3n) is 8.55. The molecule has 5 unspecified atom stereocenters. The maximum absolute atomic E-state index is 15.0. The zero-order chi connectivity index (χ0) is 28.9. The Balaban J connectivity index is 1.29. The molecule has 6 nitrogen and oxygen atoms in total. The zero-order valence-electron chi connectivity index (χ0n) is 23.0. The monoisotopic (exact) mass is 593 g/mol. The lowest BCUT2D eigenvalue weighted by atomic mass is 9.73. The number of hydrogen-bond donors (Lipinski definition) is 1. The molecule has 0 spiro atoms. The third kappa shape index (κ3) is 8.07. The van der Waals surface area contributed by atoms with Gasteiger partial charge in [0.25, 0.3) is 0 Å². The van der Waals surface area contributed by atoms with Crippen molar-refractivity contribution in [1.29, 1.82) is 0 Å². The second-order valence-electron chi connectivity index (χ2n) is 11.5. The van der Waals surface area contributed by atoms with Crippen LogP contribution in [-0.4, -0.2) is 74.0 Å². The first-order valence-corrected chi connectivity index (χ1v) is 15.0. The van der Waals surface area contributed by atoms with Gasteiger partial charge in [-0.15, -0.1) is 11.8 Å². The molecule has 5 atom stereocenters. The molecule has 3 aliphatic rings. The van der Waals surface area contributed by atoms with Crippen LogP contribution >= 0.6 is 11.8 Å². The summed E-state index contributed by atoms with van der Waals surface area (Å²) in [5, 5.41) is 15.4. The molecule has 1 saturated heterocycles. The van der Waals surface area contributed by atoms with Crippen LogP contribution in [-0.2, 0) is 16.0 Å². The highest BCUT2D eigenvalue weighted by Gasteiger charge is 2.49. The Morgan fingerprint density at radius 3 is 2.42 bits per heavy atom. The molecule has 0 bridgehead atoms. The second-order valence-corrected chi connectivity index (χ2v) is 13.1. The molecule has 40 heavy (non-hydrogen) atoms. The largest absolute Gasteiger partial charge is 0.391 e. The van der Waals surface area contributed by atoms with Crippen molar-refractivity contribution < 1.29 is 36.5 Å². The number of rotatable bonds is 9. The summed E-state index contributed by atoms with van der Waals surface area (Å²) in [6.07, 6.45) is 2.90. The number of alkyl halides is 5. The second kappa shape index (κ2) is 13.6. The zero-order valence-corrected chi connectivity index (χ0v) is 23.8. The van der Waals surface area contributed by atoms with E-state index < -0.39 is 47.5 Å². The molecular weight excluding hydrogens is 553 g/mol. The quantitative estimate of drug-likeness (QED) is 0.271. The van der Waals surface area contributed by atoms with Crippen LogP contribution in [0.3, 0.4) is 0 Å². The Bertz CT molecular complexity index is 978. The van der Waals surface area contributed by atoms with Crippen LogP contribution in [0, 0.1) is 17.8 Å². The summed E-state index contributed by atoms with van der Waals surface area (Å²) in [7, 11) is 0. The van der Waals surface area contributed by atoms with Gasteiger partial charge in [-0.05, 0) is 56.9 Å². The average molecular weight is 594 g/mol. The minimum atomic E-state index is -4.10. The molecule has 0 aromatic carbocycles. The number of aliphatic hydroxyl groups is 1. The average Bonchev–Trinajstić information content (AvgIpc) is 3.41. The van der Waals surface area contributed by atoms with Crippen LogP contribution in [0.1, 0.15) is 58.8 Å². The summed E-state index contributed by atoms with van der Waals surface area (Å²) in [4.78, 5) is 3.93. The normalized spacial score (nSPS) is 35.0. The van der Waals surface area contributed by atoms with Crippen molar-refractivity contribution in [3.63, 3.8) is 0 Å². The van der Waals surface area contributed by atoms with Gasteiger partial charge in [-0.2, -0.15) is 18.3 Å². The summed E-state index contributed by atoms with van der Waals surface area (Å²) >= 11 is 1.46. The van der Waals surface area contributed by atoms with E-state index in [1.807, 2.05) is 32.1 Å². The van der Waals surface area contributed by atoms with E-state index in [0.29, 0.717) is 26.1 Å². The molecule has 3 fully saturated rings. The van der Waals surface area contributed by atoms with Crippen molar-refractivity contribution in [2.24, 2.45) is 17.8 Å². The Morgan fingerprint density at radius 2 is 1.82 bits per heavy atom. The molecule has 1 N–H and O–H groups in total. The highest BCUT2D eigenvalue weighted by atomic mass is 32.2. The molecule has 12 heteroatoms. The molecule has 1 aromatic heterocycles. The van der Waals surface area contributed by atoms with Crippen LogP contribution < -0.4 is 0 Å². The summed E-state index contributed by atoms with van der Waals surface area (Å²) in [5.74, 6) is -1.78. The van der Waals surface area contributed by atoms with E-state index in [4.69, 9.17) is 9.47 Å². The van der Waals surface area contributed by atoms with Crippen LogP contribution in [0.5, 0.6) is 0 Å². The fraction of sp³-hybridized carbons (Fsp3) is 0.786. The van der Waals surface area contributed by atoms with Gasteiger partial charge in [-0.3, -0.25) is 4.68 Å². The first-order chi connectivity index (χ1) is 19.0. The lowest BCUT2D eigenvalue weighted by Gasteiger charge is -2.45. The molecule has 4 rings (SSSR count). The van der Waals surface area contributed by atoms with E-state index in [-0.39, 0.29) is 49.8 Å². The van der Waals surface area contributed by atoms with Crippen molar-refractivity contribution in [3.8, 4) is 0 Å². The summed E-state index contributed by atoms with van der Waals surface area (Å²) in [5.41, 5.74) is -0.628. The molecule has 2 aliphatic carbocycles. The fourth-order valence-electron chi connectivity index (χ4n) is 6.07. The highest BCUT2D eigenvalue weighted by molar-refractivity contribution is 8.00. The molecule has 0 radical (unpaired) electrons. The standard InChI is InChI=1S/C28H40F5N3O3S/c1-18(4-3-5-20-6-8-21(9-7-20)28(31,32)33)26-38-13-23(14-39-26)40-19(2)27(37,15-36-17-34-16-35-36)24-11-10-22(29)12-25(24)30/h3-5,16-17,19-26,37H,6-15H2,1-2H3/b5-3+,18-4+. The molecule has 2 heterocycles. The van der Waals surface area contributed by atoms with Gasteiger partial charge in [0, 0.05) is 17.6 Å². The predicted octanol–water partition coefficient (Wildman–Crippen LogP) is 6.22. The first kappa shape index (κ1) is 31.4. The van der Waals surface area contributed by atoms with Crippen LogP contribution in [0.2, 0.25) is 0 Å². The molecular formula is C28H40F5N3O3S. The Kier molecular flexibility index (Phi) is 10.7. The van der Waals surface area contributed by atoms with Gasteiger partial charge in [-0.1, -0.05) is 25.2 Å². The Labute approximate surface area is 236 Å². The lowest BCUT2D eigenvalue weighted by Crippen LogP contribution is -2.55. The molecule has 2 saturated carbocycles. The van der Waals surface area contributed by atoms with E-state index in [1.54, 1.807) is 0 Å². The van der Waals surface area contributed by atoms with Gasteiger partial charge in [0.2, 0.25) is 0 Å². The lowest BCUT2D eigenvalue weighted by molar-refractivity contribution is -0.183. The number of nitrogens with zero attached hydrogens (tertiary/aromatic N) is 3. The van der Waals surface area contributed by atoms with Gasteiger partial charge in [0.1, 0.15) is 30.6 Å². The van der Waals surface area contributed by atoms with Gasteiger partial charge in [-0.25, -0.2) is 13.8 Å². The number of allylic oxidation sites excluding steroid dienone is 3. The van der Waals surface area contributed by atoms with Gasteiger partial charge in [0.15, 0.2) is 6.29 Å². The number of ether oxygens (including phenoxy) is 2. The SMILES string of the molecule is C/C(=C\C=C\C1CCC(C(F)(F)F)CC1)C1OCC(SC(C)C(O)(Cn2cncn2)C2CCC(F)CC2F)CO1. The smallest absolute Gasteiger partial charge is 0.386 e. The molecule has 1 aliphatic heterocycles. The van der Waals surface area contributed by atoms with E-state index in [1.165, 1.54) is 29.1 Å². The van der Waals surface area contributed by atoms with E-state index in [2.05, 4.69) is 10.1 Å². The van der Waals surface area contributed by atoms with Crippen molar-refractivity contribution >= 4 is 11.8 Å². The minimum absolute atomic E-state index is 0.0479. The van der Waals surface area contributed by atoms with Crippen molar-refractivity contribution in [2.45, 2.75) is 106 Å². The van der Waals surface area contributed by atoms with Gasteiger partial charge in [0.05, 0.1) is 30.9 Å². The Morgan fingerprint density at radius 1 is 1.12 bits per heavy atom. The van der Waals surface area contributed by atoms with Crippen LogP contribution in [0.25, 0.3) is 0 Å². The van der Waals surface area contributed by atoms with Gasteiger partial charge >= 0.3 is 6.18 Å². The maximum atomic E-state index is 15.0. The number of hydrogen-bond acceptors (Lipinski definition) is 6. The first-order valence-electron chi connectivity index (χ1n) is 14.1. The van der Waals surface area contributed by atoms with Crippen molar-refractivity contribution in [3.05, 3.63) is 36.5 Å². The summed E-state index contributed by atoms with van der Waals surface area (Å²) in [6, 6.07) is 0. The third-order valence-corrected chi connectivity index (χ3v) is 10.0. The van der Waals surface area contributed by atoms with Crippen molar-refractivity contribution in [2.75, 3.05) is 13.2 Å². The summed E-state index contributed by atoms with van der Waals surface area (Å²) in [6.45, 7) is 4.51. The molecule has 226 valence electrons. The minimum Gasteiger partial charge on any atom is -0.386 e. The topological polar surface area (TPSA) is 69.4 Å². The molecule has 0 amide bonds. The van der Waals surface area contributed by atoms with Crippen molar-refractivity contribution in [1.82, 2.24) is 14.8 Å².